The lowest BCUT2D eigenvalue weighted by molar-refractivity contribution is -0.139. The Labute approximate surface area is 107 Å². The van der Waals surface area contributed by atoms with E-state index in [-0.39, 0.29) is 26.4 Å². The molecule has 2 unspecified atom stereocenters. The molecule has 0 amide bonds. The molecule has 0 fully saturated rings. The fourth-order valence-electron chi connectivity index (χ4n) is 1.26. The molecule has 0 aromatic heterocycles. The number of hydrogen-bond acceptors (Lipinski definition) is 6. The Hall–Kier alpha value is -0.950. The summed E-state index contributed by atoms with van der Waals surface area (Å²) in [6.07, 6.45) is -0.793. The third-order valence-corrected chi connectivity index (χ3v) is 2.26. The molecular weight excluding hydrogens is 240 g/mol. The number of hydrogen-bond donors (Lipinski definition) is 3. The molecule has 0 saturated carbocycles. The summed E-state index contributed by atoms with van der Waals surface area (Å²) in [6.45, 7) is 4.75. The molecule has 0 heterocycles. The van der Waals surface area contributed by atoms with Crippen LogP contribution in [0.4, 0.5) is 0 Å². The second-order valence-electron chi connectivity index (χ2n) is 3.94. The van der Waals surface area contributed by atoms with Crippen LogP contribution >= 0.6 is 0 Å². The first-order valence-electron chi connectivity index (χ1n) is 5.87. The number of esters is 1. The van der Waals surface area contributed by atoms with E-state index in [4.69, 9.17) is 19.7 Å². The minimum absolute atomic E-state index is 0.0624. The van der Waals surface area contributed by atoms with Crippen molar-refractivity contribution in [2.24, 2.45) is 0 Å². The highest BCUT2D eigenvalue weighted by Gasteiger charge is 2.18. The van der Waals surface area contributed by atoms with Crippen LogP contribution in [-0.4, -0.2) is 59.9 Å². The lowest BCUT2D eigenvalue weighted by atomic mass is 10.1. The molecule has 0 bridgehead atoms. The number of ether oxygens (including phenoxy) is 2. The molecule has 0 spiro atoms. The first kappa shape index (κ1) is 17.1. The Morgan fingerprint density at radius 1 is 1.33 bits per heavy atom. The van der Waals surface area contributed by atoms with E-state index in [1.165, 1.54) is 0 Å². The summed E-state index contributed by atoms with van der Waals surface area (Å²) in [6, 6.07) is 0. The Kier molecular flexibility index (Phi) is 9.49. The molecule has 0 aliphatic heterocycles. The van der Waals surface area contributed by atoms with E-state index in [9.17, 15) is 9.90 Å². The highest BCUT2D eigenvalue weighted by molar-refractivity contribution is 5.86. The van der Waals surface area contributed by atoms with Crippen LogP contribution in [-0.2, 0) is 14.3 Å². The summed E-state index contributed by atoms with van der Waals surface area (Å²) in [4.78, 5) is 11.0. The minimum atomic E-state index is -0.856. The number of aliphatic hydroxyl groups is 3. The summed E-state index contributed by atoms with van der Waals surface area (Å²) in [5, 5.41) is 27.2. The van der Waals surface area contributed by atoms with Crippen LogP contribution in [0.25, 0.3) is 0 Å². The monoisotopic (exact) mass is 262 g/mol. The van der Waals surface area contributed by atoms with Crippen LogP contribution in [0.1, 0.15) is 19.8 Å². The molecule has 106 valence electrons. The van der Waals surface area contributed by atoms with E-state index in [1.54, 1.807) is 6.92 Å². The molecule has 6 heteroatoms. The zero-order chi connectivity index (χ0) is 14.0. The van der Waals surface area contributed by atoms with Gasteiger partial charge in [0.15, 0.2) is 0 Å². The van der Waals surface area contributed by atoms with Gasteiger partial charge in [-0.25, -0.2) is 4.79 Å². The third-order valence-electron chi connectivity index (χ3n) is 2.26. The quantitative estimate of drug-likeness (QED) is 0.282. The minimum Gasteiger partial charge on any atom is -0.462 e. The zero-order valence-corrected chi connectivity index (χ0v) is 10.7. The topological polar surface area (TPSA) is 96.2 Å². The number of rotatable bonds is 10. The van der Waals surface area contributed by atoms with Crippen LogP contribution < -0.4 is 0 Å². The predicted octanol–water partition coefficient (Wildman–Crippen LogP) is -0.383. The molecule has 6 nitrogen and oxygen atoms in total. The molecule has 0 aliphatic rings. The van der Waals surface area contributed by atoms with Crippen molar-refractivity contribution in [3.05, 3.63) is 12.2 Å². The normalized spacial score (nSPS) is 14.0. The van der Waals surface area contributed by atoms with Gasteiger partial charge in [0, 0.05) is 5.57 Å². The molecule has 0 saturated heterocycles. The summed E-state index contributed by atoms with van der Waals surface area (Å²) >= 11 is 0. The smallest absolute Gasteiger partial charge is 0.333 e. The number of carbonyl (C=O) groups is 1. The van der Waals surface area contributed by atoms with Crippen molar-refractivity contribution in [2.45, 2.75) is 32.0 Å². The maximum atomic E-state index is 11.0. The van der Waals surface area contributed by atoms with Gasteiger partial charge in [-0.3, -0.25) is 0 Å². The largest absolute Gasteiger partial charge is 0.462 e. The maximum Gasteiger partial charge on any atom is 0.333 e. The highest BCUT2D eigenvalue weighted by atomic mass is 16.5. The lowest BCUT2D eigenvalue weighted by Gasteiger charge is -2.20. The maximum absolute atomic E-state index is 11.0. The molecule has 0 aliphatic carbocycles. The van der Waals surface area contributed by atoms with Crippen LogP contribution in [0.15, 0.2) is 12.2 Å². The Bertz CT molecular complexity index is 253. The van der Waals surface area contributed by atoms with Gasteiger partial charge in [0.05, 0.1) is 32.5 Å². The average molecular weight is 262 g/mol. The van der Waals surface area contributed by atoms with Crippen LogP contribution in [0.2, 0.25) is 0 Å². The standard InChI is InChI=1S/C12H22O6/c1-9(2)12(16)18-6-3-4-10(15)11(8-14)17-7-5-13/h10-11,13-15H,1,3-8H2,2H3. The van der Waals surface area contributed by atoms with Crippen molar-refractivity contribution in [1.82, 2.24) is 0 Å². The average Bonchev–Trinajstić information content (AvgIpc) is 2.35. The van der Waals surface area contributed by atoms with Gasteiger partial charge >= 0.3 is 5.97 Å². The molecule has 0 aromatic rings. The van der Waals surface area contributed by atoms with Crippen molar-refractivity contribution in [3.8, 4) is 0 Å². The van der Waals surface area contributed by atoms with Crippen LogP contribution in [0.5, 0.6) is 0 Å². The van der Waals surface area contributed by atoms with Crippen molar-refractivity contribution in [1.29, 1.82) is 0 Å². The molecular formula is C12H22O6. The number of aliphatic hydroxyl groups excluding tert-OH is 3. The molecule has 18 heavy (non-hydrogen) atoms. The Balaban J connectivity index is 3.76. The van der Waals surface area contributed by atoms with Crippen molar-refractivity contribution in [2.75, 3.05) is 26.4 Å². The van der Waals surface area contributed by atoms with Gasteiger partial charge in [0.25, 0.3) is 0 Å². The van der Waals surface area contributed by atoms with Crippen molar-refractivity contribution >= 4 is 5.97 Å². The lowest BCUT2D eigenvalue weighted by Crippen LogP contribution is -2.33. The second-order valence-corrected chi connectivity index (χ2v) is 3.94. The Morgan fingerprint density at radius 2 is 2.00 bits per heavy atom. The van der Waals surface area contributed by atoms with Gasteiger partial charge in [0.2, 0.25) is 0 Å². The second kappa shape index (κ2) is 10.0. The van der Waals surface area contributed by atoms with E-state index in [1.807, 2.05) is 0 Å². The highest BCUT2D eigenvalue weighted by Crippen LogP contribution is 2.07. The summed E-state index contributed by atoms with van der Waals surface area (Å²) < 4.78 is 9.90. The van der Waals surface area contributed by atoms with Gasteiger partial charge in [-0.1, -0.05) is 6.58 Å². The Morgan fingerprint density at radius 3 is 2.50 bits per heavy atom. The predicted molar refractivity (Wildman–Crippen MR) is 64.9 cm³/mol. The SMILES string of the molecule is C=C(C)C(=O)OCCCC(O)C(CO)OCCO. The van der Waals surface area contributed by atoms with Gasteiger partial charge in [-0.05, 0) is 19.8 Å². The molecule has 2 atom stereocenters. The van der Waals surface area contributed by atoms with E-state index in [0.717, 1.165) is 0 Å². The van der Waals surface area contributed by atoms with E-state index >= 15 is 0 Å². The first-order chi connectivity index (χ1) is 8.52. The molecule has 0 radical (unpaired) electrons. The first-order valence-corrected chi connectivity index (χ1v) is 5.87. The summed E-state index contributed by atoms with van der Waals surface area (Å²) in [5.74, 6) is -0.459. The summed E-state index contributed by atoms with van der Waals surface area (Å²) in [5.41, 5.74) is 0.329. The van der Waals surface area contributed by atoms with E-state index < -0.39 is 18.2 Å². The van der Waals surface area contributed by atoms with Gasteiger partial charge in [0.1, 0.15) is 6.10 Å². The van der Waals surface area contributed by atoms with E-state index in [2.05, 4.69) is 6.58 Å². The molecule has 0 aromatic carbocycles. The third kappa shape index (κ3) is 7.39. The van der Waals surface area contributed by atoms with Gasteiger partial charge in [-0.15, -0.1) is 0 Å². The van der Waals surface area contributed by atoms with Crippen molar-refractivity contribution in [3.63, 3.8) is 0 Å². The van der Waals surface area contributed by atoms with Crippen LogP contribution in [0.3, 0.4) is 0 Å². The van der Waals surface area contributed by atoms with Gasteiger partial charge in [-0.2, -0.15) is 0 Å². The summed E-state index contributed by atoms with van der Waals surface area (Å²) in [7, 11) is 0. The number of carbonyl (C=O) groups excluding carboxylic acids is 1. The fourth-order valence-corrected chi connectivity index (χ4v) is 1.26. The van der Waals surface area contributed by atoms with Gasteiger partial charge < -0.3 is 24.8 Å². The molecule has 0 rings (SSSR count). The fraction of sp³-hybridized carbons (Fsp3) is 0.750. The van der Waals surface area contributed by atoms with Crippen LogP contribution in [0, 0.1) is 0 Å². The van der Waals surface area contributed by atoms with Crippen molar-refractivity contribution < 1.29 is 29.6 Å². The molecule has 3 N–H and O–H groups in total. The zero-order valence-electron chi connectivity index (χ0n) is 10.7. The van der Waals surface area contributed by atoms with E-state index in [0.29, 0.717) is 18.4 Å².